The number of anilines is 2. The normalized spacial score (nSPS) is 17.1. The fraction of sp³-hybridized carbons (Fsp3) is 0.179. The third-order valence-electron chi connectivity index (χ3n) is 6.18. The lowest BCUT2D eigenvalue weighted by molar-refractivity contribution is -0.119. The smallest absolute Gasteiger partial charge is 0.250 e. The first kappa shape index (κ1) is 24.6. The number of nitrogens with one attached hydrogen (secondary N) is 2. The van der Waals surface area contributed by atoms with Crippen molar-refractivity contribution in [3.8, 4) is 11.3 Å². The quantitative estimate of drug-likeness (QED) is 0.312. The Bertz CT molecular complexity index is 1430. The van der Waals surface area contributed by atoms with Crippen molar-refractivity contribution in [2.45, 2.75) is 19.0 Å². The Morgan fingerprint density at radius 2 is 1.97 bits per heavy atom. The molecule has 0 aliphatic carbocycles. The van der Waals surface area contributed by atoms with Gasteiger partial charge in [0.05, 0.1) is 11.7 Å². The molecule has 4 aromatic rings. The number of carbonyl (C=O) groups is 1. The lowest BCUT2D eigenvalue weighted by Gasteiger charge is -2.26. The lowest BCUT2D eigenvalue weighted by atomic mass is 10.0. The van der Waals surface area contributed by atoms with Crippen molar-refractivity contribution in [2.24, 2.45) is 0 Å². The average Bonchev–Trinajstić information content (AvgIpc) is 3.51. The van der Waals surface area contributed by atoms with E-state index in [1.54, 1.807) is 18.3 Å². The Hall–Kier alpha value is -4.08. The number of benzene rings is 2. The lowest BCUT2D eigenvalue weighted by Crippen LogP contribution is -2.29. The molecular weight excluding hydrogens is 491 g/mol. The SMILES string of the molecule is COCC(=O)Nc1ccc(N2C(=S)N[C@H](c3ccccn3)[C@H]2c2ccc(-c3ccc(F)cc3)o2)cc1C. The van der Waals surface area contributed by atoms with Gasteiger partial charge in [0.25, 0.3) is 0 Å². The van der Waals surface area contributed by atoms with Crippen LogP contribution in [0.5, 0.6) is 0 Å². The van der Waals surface area contributed by atoms with Crippen molar-refractivity contribution in [3.63, 3.8) is 0 Å². The summed E-state index contributed by atoms with van der Waals surface area (Å²) in [4.78, 5) is 18.6. The van der Waals surface area contributed by atoms with E-state index in [1.807, 2.05) is 60.4 Å². The number of methoxy groups -OCH3 is 1. The van der Waals surface area contributed by atoms with Crippen LogP contribution in [0.4, 0.5) is 15.8 Å². The number of nitrogens with zero attached hydrogens (tertiary/aromatic N) is 2. The maximum Gasteiger partial charge on any atom is 0.250 e. The van der Waals surface area contributed by atoms with E-state index >= 15 is 0 Å². The molecule has 2 aromatic carbocycles. The van der Waals surface area contributed by atoms with Gasteiger partial charge in [0.2, 0.25) is 5.91 Å². The maximum absolute atomic E-state index is 13.4. The maximum atomic E-state index is 13.4. The molecule has 37 heavy (non-hydrogen) atoms. The minimum absolute atomic E-state index is 0.0238. The van der Waals surface area contributed by atoms with Crippen molar-refractivity contribution in [3.05, 3.63) is 102 Å². The number of amides is 1. The van der Waals surface area contributed by atoms with Gasteiger partial charge < -0.3 is 24.7 Å². The van der Waals surface area contributed by atoms with E-state index < -0.39 is 0 Å². The van der Waals surface area contributed by atoms with Gasteiger partial charge in [0.15, 0.2) is 5.11 Å². The third kappa shape index (κ3) is 5.09. The number of pyridine rings is 1. The van der Waals surface area contributed by atoms with Gasteiger partial charge in [-0.1, -0.05) is 6.07 Å². The molecule has 188 valence electrons. The molecule has 1 fully saturated rings. The number of aromatic nitrogens is 1. The van der Waals surface area contributed by atoms with Crippen molar-refractivity contribution < 1.29 is 18.3 Å². The number of hydrogen-bond acceptors (Lipinski definition) is 5. The summed E-state index contributed by atoms with van der Waals surface area (Å²) in [5.41, 5.74) is 3.99. The molecule has 2 aromatic heterocycles. The molecule has 1 saturated heterocycles. The monoisotopic (exact) mass is 516 g/mol. The topological polar surface area (TPSA) is 79.6 Å². The third-order valence-corrected chi connectivity index (χ3v) is 6.50. The molecule has 0 unspecified atom stereocenters. The Kier molecular flexibility index (Phi) is 6.98. The van der Waals surface area contributed by atoms with Crippen LogP contribution in [-0.4, -0.2) is 29.7 Å². The summed E-state index contributed by atoms with van der Waals surface area (Å²) in [6, 6.07) is 20.8. The highest BCUT2D eigenvalue weighted by Crippen LogP contribution is 2.43. The number of rotatable bonds is 7. The molecule has 0 saturated carbocycles. The highest BCUT2D eigenvalue weighted by Gasteiger charge is 2.42. The van der Waals surface area contributed by atoms with Crippen molar-refractivity contribution in [1.82, 2.24) is 10.3 Å². The molecule has 2 N–H and O–H groups in total. The average molecular weight is 517 g/mol. The van der Waals surface area contributed by atoms with Crippen LogP contribution < -0.4 is 15.5 Å². The standard InChI is InChI=1S/C28H25FN4O3S/c1-17-15-20(10-11-21(17)31-25(34)16-35-2)33-27(26(32-28(33)37)22-5-3-4-14-30-22)24-13-12-23(36-24)18-6-8-19(29)9-7-18/h3-15,26-27H,16H2,1-2H3,(H,31,34)(H,32,37)/t26-,27-/m1/s1. The number of aryl methyl sites for hydroxylation is 1. The molecule has 7 nitrogen and oxygen atoms in total. The second kappa shape index (κ2) is 10.5. The predicted octanol–water partition coefficient (Wildman–Crippen LogP) is 5.55. The number of ether oxygens (including phenoxy) is 1. The summed E-state index contributed by atoms with van der Waals surface area (Å²) in [6.45, 7) is 1.90. The molecule has 3 heterocycles. The summed E-state index contributed by atoms with van der Waals surface area (Å²) >= 11 is 5.79. The number of halogens is 1. The van der Waals surface area contributed by atoms with Gasteiger partial charge in [-0.25, -0.2) is 4.39 Å². The van der Waals surface area contributed by atoms with Gasteiger partial charge in [-0.05, 0) is 91.4 Å². The molecule has 1 aliphatic heterocycles. The Balaban J connectivity index is 1.53. The van der Waals surface area contributed by atoms with E-state index in [-0.39, 0.29) is 30.4 Å². The first-order valence-electron chi connectivity index (χ1n) is 11.7. The van der Waals surface area contributed by atoms with Crippen LogP contribution in [0.3, 0.4) is 0 Å². The molecule has 1 amide bonds. The molecule has 0 radical (unpaired) electrons. The van der Waals surface area contributed by atoms with Crippen molar-refractivity contribution in [1.29, 1.82) is 0 Å². The van der Waals surface area contributed by atoms with Crippen molar-refractivity contribution in [2.75, 3.05) is 23.9 Å². The predicted molar refractivity (Wildman–Crippen MR) is 144 cm³/mol. The Labute approximate surface area is 219 Å². The van der Waals surface area contributed by atoms with Gasteiger partial charge in [-0.3, -0.25) is 9.78 Å². The van der Waals surface area contributed by atoms with E-state index in [0.29, 0.717) is 22.3 Å². The molecule has 5 rings (SSSR count). The van der Waals surface area contributed by atoms with Gasteiger partial charge >= 0.3 is 0 Å². The molecule has 1 aliphatic rings. The summed E-state index contributed by atoms with van der Waals surface area (Å²) in [5, 5.41) is 6.79. The second-order valence-corrected chi connectivity index (χ2v) is 9.07. The molecule has 2 atom stereocenters. The van der Waals surface area contributed by atoms with Gasteiger partial charge in [0, 0.05) is 30.2 Å². The van der Waals surface area contributed by atoms with Crippen LogP contribution in [0.2, 0.25) is 0 Å². The van der Waals surface area contributed by atoms with E-state index in [0.717, 1.165) is 22.5 Å². The van der Waals surface area contributed by atoms with Crippen LogP contribution in [0.1, 0.15) is 29.1 Å². The van der Waals surface area contributed by atoms with Crippen LogP contribution in [0.25, 0.3) is 11.3 Å². The second-order valence-electron chi connectivity index (χ2n) is 8.69. The fourth-order valence-electron chi connectivity index (χ4n) is 4.46. The minimum Gasteiger partial charge on any atom is -0.459 e. The summed E-state index contributed by atoms with van der Waals surface area (Å²) in [6.07, 6.45) is 1.74. The number of furan rings is 1. The highest BCUT2D eigenvalue weighted by atomic mass is 32.1. The number of thiocarbonyl (C=S) groups is 1. The van der Waals surface area contributed by atoms with Crippen LogP contribution in [0, 0.1) is 12.7 Å². The fourth-order valence-corrected chi connectivity index (χ4v) is 4.80. The largest absolute Gasteiger partial charge is 0.459 e. The van der Waals surface area contributed by atoms with Crippen LogP contribution in [-0.2, 0) is 9.53 Å². The first-order chi connectivity index (χ1) is 17.9. The Morgan fingerprint density at radius 3 is 2.68 bits per heavy atom. The van der Waals surface area contributed by atoms with Crippen molar-refractivity contribution >= 4 is 34.6 Å². The summed E-state index contributed by atoms with van der Waals surface area (Å²) < 4.78 is 24.7. The zero-order valence-corrected chi connectivity index (χ0v) is 21.1. The van der Waals surface area contributed by atoms with Gasteiger partial charge in [-0.15, -0.1) is 0 Å². The van der Waals surface area contributed by atoms with E-state index in [1.165, 1.54) is 19.2 Å². The van der Waals surface area contributed by atoms with Gasteiger partial charge in [-0.2, -0.15) is 0 Å². The molecule has 9 heteroatoms. The number of carbonyl (C=O) groups excluding carboxylic acids is 1. The van der Waals surface area contributed by atoms with Gasteiger partial charge in [0.1, 0.15) is 30.0 Å². The van der Waals surface area contributed by atoms with Crippen LogP contribution in [0.15, 0.2) is 83.4 Å². The van der Waals surface area contributed by atoms with Crippen LogP contribution >= 0.6 is 12.2 Å². The molecule has 0 spiro atoms. The summed E-state index contributed by atoms with van der Waals surface area (Å²) in [7, 11) is 1.48. The Morgan fingerprint density at radius 1 is 1.16 bits per heavy atom. The summed E-state index contributed by atoms with van der Waals surface area (Å²) in [5.74, 6) is 0.769. The minimum atomic E-state index is -0.343. The van der Waals surface area contributed by atoms with E-state index in [4.69, 9.17) is 21.4 Å². The van der Waals surface area contributed by atoms with E-state index in [2.05, 4.69) is 15.6 Å². The number of hydrogen-bond donors (Lipinski definition) is 2. The zero-order valence-electron chi connectivity index (χ0n) is 20.3. The highest BCUT2D eigenvalue weighted by molar-refractivity contribution is 7.80. The molecular formula is C28H25FN4O3S. The molecule has 0 bridgehead atoms. The van der Waals surface area contributed by atoms with E-state index in [9.17, 15) is 9.18 Å². The first-order valence-corrected chi connectivity index (χ1v) is 12.1. The zero-order chi connectivity index (χ0) is 25.9.